The molecule has 4 nitrogen and oxygen atoms in total. The minimum atomic E-state index is 0.0981. The summed E-state index contributed by atoms with van der Waals surface area (Å²) in [6.45, 7) is 0. The normalized spacial score (nSPS) is 22.6. The van der Waals surface area contributed by atoms with E-state index in [0.717, 1.165) is 38.5 Å². The summed E-state index contributed by atoms with van der Waals surface area (Å²) in [5.74, 6) is 2.82. The van der Waals surface area contributed by atoms with Crippen LogP contribution in [-0.2, 0) is 0 Å². The van der Waals surface area contributed by atoms with E-state index in [1.54, 1.807) is 21.3 Å². The van der Waals surface area contributed by atoms with Gasteiger partial charge >= 0.3 is 0 Å². The number of ether oxygens (including phenoxy) is 3. The number of hydrogen-bond acceptors (Lipinski definition) is 4. The Bertz CT molecular complexity index is 915. The number of halogens is 2. The van der Waals surface area contributed by atoms with Crippen LogP contribution in [0.25, 0.3) is 0 Å². The molecule has 1 aliphatic carbocycles. The van der Waals surface area contributed by atoms with Crippen molar-refractivity contribution in [2.45, 2.75) is 18.4 Å². The first-order chi connectivity index (χ1) is 13.1. The van der Waals surface area contributed by atoms with E-state index in [1.165, 1.54) is 0 Å². The lowest BCUT2D eigenvalue weighted by atomic mass is 9.76. The third-order valence-corrected chi connectivity index (χ3v) is 6.38. The van der Waals surface area contributed by atoms with Crippen LogP contribution in [0.5, 0.6) is 17.2 Å². The summed E-state index contributed by atoms with van der Waals surface area (Å²) in [5.41, 5.74) is 3.21. The predicted octanol–water partition coefficient (Wildman–Crippen LogP) is 5.95. The SMILES string of the molecule is COc1ccc(Cl)c2c1N[C@H](c1cc(Br)c(OC)c(OC)c1)[C@H]1CC=C[C@@H]21. The number of methoxy groups -OCH3 is 3. The van der Waals surface area contributed by atoms with Crippen LogP contribution in [0.3, 0.4) is 0 Å². The summed E-state index contributed by atoms with van der Waals surface area (Å²) in [4.78, 5) is 0. The van der Waals surface area contributed by atoms with Crippen molar-refractivity contribution in [2.24, 2.45) is 5.92 Å². The Morgan fingerprint density at radius 2 is 1.85 bits per heavy atom. The molecule has 2 aromatic rings. The van der Waals surface area contributed by atoms with Gasteiger partial charge in [-0.2, -0.15) is 0 Å². The maximum absolute atomic E-state index is 6.57. The fraction of sp³-hybridized carbons (Fsp3) is 0.333. The van der Waals surface area contributed by atoms with Gasteiger partial charge in [-0.1, -0.05) is 23.8 Å². The van der Waals surface area contributed by atoms with Crippen molar-refractivity contribution in [1.29, 1.82) is 0 Å². The second-order valence-corrected chi connectivity index (χ2v) is 8.01. The van der Waals surface area contributed by atoms with Gasteiger partial charge in [0, 0.05) is 16.5 Å². The van der Waals surface area contributed by atoms with Crippen LogP contribution in [0.1, 0.15) is 29.5 Å². The maximum atomic E-state index is 6.57. The van der Waals surface area contributed by atoms with Gasteiger partial charge in [0.1, 0.15) is 5.75 Å². The molecule has 6 heteroatoms. The lowest BCUT2D eigenvalue weighted by Gasteiger charge is -2.38. The largest absolute Gasteiger partial charge is 0.495 e. The molecule has 1 N–H and O–H groups in total. The number of hydrogen-bond donors (Lipinski definition) is 1. The molecule has 2 aliphatic rings. The van der Waals surface area contributed by atoms with Crippen LogP contribution in [0.2, 0.25) is 5.02 Å². The van der Waals surface area contributed by atoms with Crippen molar-refractivity contribution >= 4 is 33.2 Å². The molecule has 0 bridgehead atoms. The zero-order valence-corrected chi connectivity index (χ0v) is 17.7. The minimum Gasteiger partial charge on any atom is -0.495 e. The van der Waals surface area contributed by atoms with Crippen LogP contribution in [-0.4, -0.2) is 21.3 Å². The minimum absolute atomic E-state index is 0.0981. The number of fused-ring (bicyclic) bond motifs is 3. The average Bonchev–Trinajstić information content (AvgIpc) is 3.16. The van der Waals surface area contributed by atoms with Crippen LogP contribution in [0.15, 0.2) is 40.9 Å². The van der Waals surface area contributed by atoms with E-state index in [9.17, 15) is 0 Å². The molecular weight excluding hydrogens is 430 g/mol. The highest BCUT2D eigenvalue weighted by atomic mass is 79.9. The van der Waals surface area contributed by atoms with Crippen molar-refractivity contribution < 1.29 is 14.2 Å². The Morgan fingerprint density at radius 3 is 2.56 bits per heavy atom. The molecule has 3 atom stereocenters. The second kappa shape index (κ2) is 7.28. The smallest absolute Gasteiger partial charge is 0.174 e. The summed E-state index contributed by atoms with van der Waals surface area (Å²) >= 11 is 10.2. The van der Waals surface area contributed by atoms with E-state index in [-0.39, 0.29) is 12.0 Å². The van der Waals surface area contributed by atoms with Gasteiger partial charge < -0.3 is 19.5 Å². The molecule has 27 heavy (non-hydrogen) atoms. The van der Waals surface area contributed by atoms with E-state index >= 15 is 0 Å². The molecule has 1 heterocycles. The highest BCUT2D eigenvalue weighted by molar-refractivity contribution is 9.10. The Labute approximate surface area is 172 Å². The van der Waals surface area contributed by atoms with Crippen LogP contribution in [0.4, 0.5) is 5.69 Å². The van der Waals surface area contributed by atoms with Gasteiger partial charge in [-0.05, 0) is 58.1 Å². The third-order valence-electron chi connectivity index (χ3n) is 5.46. The van der Waals surface area contributed by atoms with E-state index in [0.29, 0.717) is 17.4 Å². The highest BCUT2D eigenvalue weighted by Gasteiger charge is 2.40. The fourth-order valence-corrected chi connectivity index (χ4v) is 5.16. The Balaban J connectivity index is 1.85. The summed E-state index contributed by atoms with van der Waals surface area (Å²) in [6, 6.07) is 8.06. The molecule has 0 saturated heterocycles. The molecule has 0 radical (unpaired) electrons. The summed E-state index contributed by atoms with van der Waals surface area (Å²) in [7, 11) is 4.98. The summed E-state index contributed by atoms with van der Waals surface area (Å²) in [5, 5.41) is 4.46. The Morgan fingerprint density at radius 1 is 1.07 bits per heavy atom. The van der Waals surface area contributed by atoms with Gasteiger partial charge in [-0.25, -0.2) is 0 Å². The first kappa shape index (κ1) is 18.5. The molecule has 0 aromatic heterocycles. The second-order valence-electron chi connectivity index (χ2n) is 6.75. The lowest BCUT2D eigenvalue weighted by molar-refractivity contribution is 0.350. The number of anilines is 1. The van der Waals surface area contributed by atoms with E-state index in [2.05, 4.69) is 39.5 Å². The molecule has 0 unspecified atom stereocenters. The molecule has 0 amide bonds. The third kappa shape index (κ3) is 2.97. The number of rotatable bonds is 4. The highest BCUT2D eigenvalue weighted by Crippen LogP contribution is 2.55. The van der Waals surface area contributed by atoms with E-state index in [1.807, 2.05) is 18.2 Å². The number of allylic oxidation sites excluding steroid dienone is 2. The molecule has 2 aromatic carbocycles. The van der Waals surface area contributed by atoms with E-state index < -0.39 is 0 Å². The van der Waals surface area contributed by atoms with Crippen LogP contribution in [0, 0.1) is 5.92 Å². The summed E-state index contributed by atoms with van der Waals surface area (Å²) < 4.78 is 17.5. The zero-order valence-electron chi connectivity index (χ0n) is 15.4. The maximum Gasteiger partial charge on any atom is 0.174 e. The van der Waals surface area contributed by atoms with Crippen LogP contribution >= 0.6 is 27.5 Å². The van der Waals surface area contributed by atoms with Gasteiger partial charge in [-0.3, -0.25) is 0 Å². The molecule has 142 valence electrons. The molecular formula is C21H21BrClNO3. The summed E-state index contributed by atoms with van der Waals surface area (Å²) in [6.07, 6.45) is 5.49. The zero-order chi connectivity index (χ0) is 19.1. The van der Waals surface area contributed by atoms with Gasteiger partial charge in [-0.15, -0.1) is 0 Å². The number of nitrogens with one attached hydrogen (secondary N) is 1. The topological polar surface area (TPSA) is 39.7 Å². The first-order valence-electron chi connectivity index (χ1n) is 8.80. The van der Waals surface area contributed by atoms with Crippen molar-refractivity contribution in [2.75, 3.05) is 26.6 Å². The average molecular weight is 451 g/mol. The quantitative estimate of drug-likeness (QED) is 0.584. The predicted molar refractivity (Wildman–Crippen MR) is 112 cm³/mol. The molecule has 4 rings (SSSR count). The molecule has 0 spiro atoms. The lowest BCUT2D eigenvalue weighted by Crippen LogP contribution is -2.29. The Kier molecular flexibility index (Phi) is 4.99. The van der Waals surface area contributed by atoms with Gasteiger partial charge in [0.2, 0.25) is 0 Å². The molecule has 1 aliphatic heterocycles. The van der Waals surface area contributed by atoms with Gasteiger partial charge in [0.05, 0.1) is 37.5 Å². The van der Waals surface area contributed by atoms with E-state index in [4.69, 9.17) is 25.8 Å². The van der Waals surface area contributed by atoms with Crippen molar-refractivity contribution in [3.05, 3.63) is 57.0 Å². The first-order valence-corrected chi connectivity index (χ1v) is 9.97. The Hall–Kier alpha value is -1.85. The standard InChI is InChI=1S/C21H21BrClNO3/c1-25-16-8-7-15(23)18-12-5-4-6-13(12)19(24-20(16)18)11-9-14(22)21(27-3)17(10-11)26-2/h4-5,7-10,12-13,19,24H,6H2,1-3H3/t12-,13+,19-/m1/s1. The van der Waals surface area contributed by atoms with Crippen LogP contribution < -0.4 is 19.5 Å². The van der Waals surface area contributed by atoms with Crippen molar-refractivity contribution in [3.8, 4) is 17.2 Å². The monoisotopic (exact) mass is 449 g/mol. The fourth-order valence-electron chi connectivity index (χ4n) is 4.25. The van der Waals surface area contributed by atoms with Crippen molar-refractivity contribution in [1.82, 2.24) is 0 Å². The molecule has 0 fully saturated rings. The molecule has 0 saturated carbocycles. The number of benzene rings is 2. The van der Waals surface area contributed by atoms with Gasteiger partial charge in [0.15, 0.2) is 11.5 Å². The van der Waals surface area contributed by atoms with Crippen molar-refractivity contribution in [3.63, 3.8) is 0 Å². The van der Waals surface area contributed by atoms with Gasteiger partial charge in [0.25, 0.3) is 0 Å².